The molecule has 23 heavy (non-hydrogen) atoms. The molecule has 1 N–H and O–H groups in total. The number of anilines is 1. The molecule has 0 aromatic heterocycles. The first-order valence-electron chi connectivity index (χ1n) is 6.46. The van der Waals surface area contributed by atoms with Crippen molar-refractivity contribution in [3.63, 3.8) is 0 Å². The van der Waals surface area contributed by atoms with Gasteiger partial charge < -0.3 is 24.3 Å². The van der Waals surface area contributed by atoms with Crippen LogP contribution in [0.25, 0.3) is 0 Å². The number of esters is 2. The molecule has 0 aliphatic rings. The zero-order valence-corrected chi connectivity index (χ0v) is 14.8. The predicted molar refractivity (Wildman–Crippen MR) is 86.6 cm³/mol. The first kappa shape index (κ1) is 19.1. The Hall–Kier alpha value is -1.90. The van der Waals surface area contributed by atoms with Crippen molar-refractivity contribution in [2.24, 2.45) is 0 Å². The van der Waals surface area contributed by atoms with E-state index in [1.807, 2.05) is 0 Å². The van der Waals surface area contributed by atoms with Crippen molar-refractivity contribution >= 4 is 33.6 Å². The molecule has 0 heterocycles. The monoisotopic (exact) mass is 387 g/mol. The maximum absolute atomic E-state index is 11.8. The second kappa shape index (κ2) is 9.29. The highest BCUT2D eigenvalue weighted by atomic mass is 79.9. The van der Waals surface area contributed by atoms with Gasteiger partial charge in [-0.2, -0.15) is 0 Å². The van der Waals surface area contributed by atoms with Gasteiger partial charge in [-0.1, -0.05) is 15.9 Å². The van der Waals surface area contributed by atoms with Crippen molar-refractivity contribution in [3.05, 3.63) is 40.0 Å². The van der Waals surface area contributed by atoms with Gasteiger partial charge in [0.05, 0.1) is 20.3 Å². The molecule has 0 unspecified atom stereocenters. The highest BCUT2D eigenvalue weighted by molar-refractivity contribution is 9.10. The molecule has 0 aliphatic carbocycles. The Morgan fingerprint density at radius 2 is 1.78 bits per heavy atom. The summed E-state index contributed by atoms with van der Waals surface area (Å²) >= 11 is 3.36. The lowest BCUT2D eigenvalue weighted by Gasteiger charge is -2.19. The maximum atomic E-state index is 11.8. The van der Waals surface area contributed by atoms with E-state index >= 15 is 0 Å². The number of halogens is 1. The molecule has 0 fully saturated rings. The zero-order valence-electron chi connectivity index (χ0n) is 13.2. The smallest absolute Gasteiger partial charge is 0.354 e. The van der Waals surface area contributed by atoms with Crippen molar-refractivity contribution in [1.82, 2.24) is 0 Å². The summed E-state index contributed by atoms with van der Waals surface area (Å²) in [5, 5.41) is 2.84. The molecule has 0 spiro atoms. The van der Waals surface area contributed by atoms with Crippen LogP contribution in [0.2, 0.25) is 0 Å². The second-order valence-corrected chi connectivity index (χ2v) is 5.15. The van der Waals surface area contributed by atoms with Crippen molar-refractivity contribution in [2.75, 3.05) is 33.8 Å². The van der Waals surface area contributed by atoms with Gasteiger partial charge in [-0.25, -0.2) is 9.59 Å². The maximum Gasteiger partial charge on any atom is 0.354 e. The zero-order chi connectivity index (χ0) is 17.4. The Bertz CT molecular complexity index is 598. The molecule has 8 heteroatoms. The van der Waals surface area contributed by atoms with E-state index in [0.29, 0.717) is 11.3 Å². The molecule has 0 aliphatic heterocycles. The Labute approximate surface area is 142 Å². The van der Waals surface area contributed by atoms with E-state index in [1.165, 1.54) is 28.4 Å². The van der Waals surface area contributed by atoms with Crippen LogP contribution in [0.5, 0.6) is 0 Å². The van der Waals surface area contributed by atoms with Gasteiger partial charge in [-0.15, -0.1) is 0 Å². The topological polar surface area (TPSA) is 83.1 Å². The summed E-state index contributed by atoms with van der Waals surface area (Å²) in [6.45, 7) is 0. The standard InChI is InChI=1S/C15H18BrNO6/c1-20-13(18)8-12(14(19)21-2)17-11-6-5-9(16)7-10(11)15(22-3)23-4/h5-8,15,17H,1-4H3/b12-8+. The average Bonchev–Trinajstić information content (AvgIpc) is 2.56. The van der Waals surface area contributed by atoms with E-state index in [9.17, 15) is 9.59 Å². The molecule has 1 aromatic carbocycles. The number of ether oxygens (including phenoxy) is 4. The fraction of sp³-hybridized carbons (Fsp3) is 0.333. The third-order valence-corrected chi connectivity index (χ3v) is 3.33. The lowest BCUT2D eigenvalue weighted by Crippen LogP contribution is -2.17. The first-order chi connectivity index (χ1) is 11.0. The van der Waals surface area contributed by atoms with Crippen LogP contribution in [0.1, 0.15) is 11.9 Å². The van der Waals surface area contributed by atoms with Crippen molar-refractivity contribution in [1.29, 1.82) is 0 Å². The SMILES string of the molecule is COC(=O)/C=C(/Nc1ccc(Br)cc1C(OC)OC)C(=O)OC. The Morgan fingerprint density at radius 3 is 2.30 bits per heavy atom. The van der Waals surface area contributed by atoms with E-state index in [4.69, 9.17) is 9.47 Å². The quantitative estimate of drug-likeness (QED) is 0.436. The molecule has 0 radical (unpaired) electrons. The lowest BCUT2D eigenvalue weighted by molar-refractivity contribution is -0.138. The van der Waals surface area contributed by atoms with Gasteiger partial charge in [0.15, 0.2) is 6.29 Å². The van der Waals surface area contributed by atoms with Crippen LogP contribution < -0.4 is 5.32 Å². The summed E-state index contributed by atoms with van der Waals surface area (Å²) < 4.78 is 20.5. The van der Waals surface area contributed by atoms with Gasteiger partial charge in [-0.3, -0.25) is 0 Å². The lowest BCUT2D eigenvalue weighted by atomic mass is 10.1. The van der Waals surface area contributed by atoms with Gasteiger partial charge in [0.1, 0.15) is 5.70 Å². The summed E-state index contributed by atoms with van der Waals surface area (Å²) in [6, 6.07) is 5.24. The summed E-state index contributed by atoms with van der Waals surface area (Å²) in [5.41, 5.74) is 1.07. The summed E-state index contributed by atoms with van der Waals surface area (Å²) in [4.78, 5) is 23.2. The Morgan fingerprint density at radius 1 is 1.13 bits per heavy atom. The number of benzene rings is 1. The summed E-state index contributed by atoms with van der Waals surface area (Å²) in [5.74, 6) is -1.40. The molecule has 0 amide bonds. The number of carbonyl (C=O) groups is 2. The van der Waals surface area contributed by atoms with Gasteiger partial charge >= 0.3 is 11.9 Å². The molecule has 126 valence electrons. The van der Waals surface area contributed by atoms with E-state index in [1.54, 1.807) is 18.2 Å². The van der Waals surface area contributed by atoms with Crippen LogP contribution >= 0.6 is 15.9 Å². The molecule has 1 aromatic rings. The highest BCUT2D eigenvalue weighted by Crippen LogP contribution is 2.30. The second-order valence-electron chi connectivity index (χ2n) is 4.23. The van der Waals surface area contributed by atoms with Crippen LogP contribution in [-0.2, 0) is 28.5 Å². The Balaban J connectivity index is 3.25. The first-order valence-corrected chi connectivity index (χ1v) is 7.26. The fourth-order valence-electron chi connectivity index (χ4n) is 1.77. The molecule has 0 atom stereocenters. The normalized spacial score (nSPS) is 11.3. The van der Waals surface area contributed by atoms with Crippen LogP contribution in [0.3, 0.4) is 0 Å². The predicted octanol–water partition coefficient (Wildman–Crippen LogP) is 2.38. The number of hydrogen-bond acceptors (Lipinski definition) is 7. The Kier molecular flexibility index (Phi) is 7.73. The van der Waals surface area contributed by atoms with E-state index in [-0.39, 0.29) is 5.70 Å². The van der Waals surface area contributed by atoms with Crippen molar-refractivity contribution in [3.8, 4) is 0 Å². The van der Waals surface area contributed by atoms with Crippen molar-refractivity contribution < 1.29 is 28.5 Å². The number of nitrogens with one attached hydrogen (secondary N) is 1. The molecule has 1 rings (SSSR count). The average molecular weight is 388 g/mol. The summed E-state index contributed by atoms with van der Waals surface area (Å²) in [6.07, 6.45) is 0.346. The molecule has 7 nitrogen and oxygen atoms in total. The van der Waals surface area contributed by atoms with Gasteiger partial charge in [0.2, 0.25) is 0 Å². The molecular formula is C15H18BrNO6. The van der Waals surface area contributed by atoms with Crippen LogP contribution in [0, 0.1) is 0 Å². The third kappa shape index (κ3) is 5.34. The third-order valence-electron chi connectivity index (χ3n) is 2.83. The largest absolute Gasteiger partial charge is 0.466 e. The minimum atomic E-state index is -0.712. The van der Waals surface area contributed by atoms with E-state index in [2.05, 4.69) is 30.7 Å². The van der Waals surface area contributed by atoms with Crippen molar-refractivity contribution in [2.45, 2.75) is 6.29 Å². The minimum absolute atomic E-state index is 0.0751. The minimum Gasteiger partial charge on any atom is -0.466 e. The van der Waals surface area contributed by atoms with Crippen LogP contribution in [0.4, 0.5) is 5.69 Å². The molecule has 0 saturated heterocycles. The van der Waals surface area contributed by atoms with Crippen LogP contribution in [0.15, 0.2) is 34.4 Å². The number of rotatable bonds is 7. The molecular weight excluding hydrogens is 370 g/mol. The number of carbonyl (C=O) groups excluding carboxylic acids is 2. The van der Waals surface area contributed by atoms with Gasteiger partial charge in [-0.05, 0) is 18.2 Å². The molecule has 0 saturated carbocycles. The highest BCUT2D eigenvalue weighted by Gasteiger charge is 2.19. The summed E-state index contributed by atoms with van der Waals surface area (Å²) in [7, 11) is 5.41. The van der Waals surface area contributed by atoms with Crippen LogP contribution in [-0.4, -0.2) is 40.4 Å². The van der Waals surface area contributed by atoms with E-state index in [0.717, 1.165) is 10.5 Å². The fourth-order valence-corrected chi connectivity index (χ4v) is 2.15. The number of hydrogen-bond donors (Lipinski definition) is 1. The molecule has 0 bridgehead atoms. The number of methoxy groups -OCH3 is 4. The van der Waals surface area contributed by atoms with Gasteiger partial charge in [0.25, 0.3) is 0 Å². The van der Waals surface area contributed by atoms with Gasteiger partial charge in [0, 0.05) is 29.9 Å². The van der Waals surface area contributed by atoms with E-state index < -0.39 is 18.2 Å².